The molecule has 0 unspecified atom stereocenters. The van der Waals surface area contributed by atoms with Gasteiger partial charge in [-0.25, -0.2) is 4.39 Å². The van der Waals surface area contributed by atoms with Crippen LogP contribution in [0.2, 0.25) is 0 Å². The highest BCUT2D eigenvalue weighted by Gasteiger charge is 2.14. The van der Waals surface area contributed by atoms with Crippen LogP contribution >= 0.6 is 0 Å². The highest BCUT2D eigenvalue weighted by molar-refractivity contribution is 5.94. The molecule has 2 aromatic carbocycles. The van der Waals surface area contributed by atoms with Crippen LogP contribution in [0.15, 0.2) is 48.5 Å². The van der Waals surface area contributed by atoms with Crippen LogP contribution in [0.1, 0.15) is 18.1 Å². The van der Waals surface area contributed by atoms with Gasteiger partial charge >= 0.3 is 0 Å². The van der Waals surface area contributed by atoms with Gasteiger partial charge in [0.05, 0.1) is 18.1 Å². The van der Waals surface area contributed by atoms with Gasteiger partial charge in [-0.3, -0.25) is 4.79 Å². The van der Waals surface area contributed by atoms with Gasteiger partial charge in [-0.1, -0.05) is 12.1 Å². The molecule has 21 heavy (non-hydrogen) atoms. The summed E-state index contributed by atoms with van der Waals surface area (Å²) in [4.78, 5) is 14.0. The lowest BCUT2D eigenvalue weighted by Gasteiger charge is -2.21. The minimum Gasteiger partial charge on any atom is -0.312 e. The fourth-order valence-electron chi connectivity index (χ4n) is 2.09. The van der Waals surface area contributed by atoms with E-state index in [2.05, 4.69) is 0 Å². The summed E-state index contributed by atoms with van der Waals surface area (Å²) in [5.41, 5.74) is 2.09. The van der Waals surface area contributed by atoms with Gasteiger partial charge in [-0.05, 0) is 48.9 Å². The van der Waals surface area contributed by atoms with E-state index < -0.39 is 0 Å². The Balaban J connectivity index is 2.13. The van der Waals surface area contributed by atoms with Crippen LogP contribution < -0.4 is 4.90 Å². The maximum absolute atomic E-state index is 12.9. The van der Waals surface area contributed by atoms with Crippen molar-refractivity contribution in [2.24, 2.45) is 0 Å². The summed E-state index contributed by atoms with van der Waals surface area (Å²) >= 11 is 0. The largest absolute Gasteiger partial charge is 0.312 e. The van der Waals surface area contributed by atoms with Crippen LogP contribution in [0.3, 0.4) is 0 Å². The molecule has 2 aromatic rings. The molecule has 0 radical (unpaired) electrons. The Morgan fingerprint density at radius 2 is 1.76 bits per heavy atom. The minimum absolute atomic E-state index is 0.0613. The molecule has 0 heterocycles. The standard InChI is InChI=1S/C17H15FN2O/c1-2-20(16-9-7-15(18)8-10-16)17(21)11-13-3-5-14(12-19)6-4-13/h3-10H,2,11H2,1H3. The molecule has 0 saturated heterocycles. The van der Waals surface area contributed by atoms with Crippen molar-refractivity contribution >= 4 is 11.6 Å². The van der Waals surface area contributed by atoms with Crippen molar-refractivity contribution in [2.75, 3.05) is 11.4 Å². The van der Waals surface area contributed by atoms with Crippen molar-refractivity contribution in [3.8, 4) is 6.07 Å². The molecule has 0 aliphatic heterocycles. The lowest BCUT2D eigenvalue weighted by atomic mass is 10.1. The van der Waals surface area contributed by atoms with Gasteiger partial charge in [0.25, 0.3) is 0 Å². The molecule has 106 valence electrons. The van der Waals surface area contributed by atoms with E-state index in [4.69, 9.17) is 5.26 Å². The molecule has 0 saturated carbocycles. The van der Waals surface area contributed by atoms with E-state index in [0.717, 1.165) is 5.56 Å². The molecule has 3 nitrogen and oxygen atoms in total. The molecule has 0 bridgehead atoms. The number of likely N-dealkylation sites (N-methyl/N-ethyl adjacent to an activating group) is 1. The Morgan fingerprint density at radius 3 is 2.29 bits per heavy atom. The topological polar surface area (TPSA) is 44.1 Å². The minimum atomic E-state index is -0.325. The summed E-state index contributed by atoms with van der Waals surface area (Å²) in [7, 11) is 0. The van der Waals surface area contributed by atoms with Crippen LogP contribution in [0.5, 0.6) is 0 Å². The van der Waals surface area contributed by atoms with Gasteiger partial charge < -0.3 is 4.90 Å². The first-order chi connectivity index (χ1) is 10.1. The number of carbonyl (C=O) groups excluding carboxylic acids is 1. The lowest BCUT2D eigenvalue weighted by molar-refractivity contribution is -0.117. The highest BCUT2D eigenvalue weighted by Crippen LogP contribution is 2.16. The van der Waals surface area contributed by atoms with E-state index in [-0.39, 0.29) is 18.1 Å². The quantitative estimate of drug-likeness (QED) is 0.863. The van der Waals surface area contributed by atoms with E-state index in [0.29, 0.717) is 17.8 Å². The molecule has 0 aliphatic carbocycles. The molecule has 0 aromatic heterocycles. The molecule has 0 atom stereocenters. The molecular weight excluding hydrogens is 267 g/mol. The first kappa shape index (κ1) is 14.7. The van der Waals surface area contributed by atoms with Crippen molar-refractivity contribution < 1.29 is 9.18 Å². The summed E-state index contributed by atoms with van der Waals surface area (Å²) in [5, 5.41) is 8.75. The third-order valence-corrected chi connectivity index (χ3v) is 3.19. The van der Waals surface area contributed by atoms with Crippen LogP contribution in [0.25, 0.3) is 0 Å². The Hall–Kier alpha value is -2.67. The third kappa shape index (κ3) is 3.67. The number of benzene rings is 2. The molecule has 4 heteroatoms. The zero-order valence-corrected chi connectivity index (χ0v) is 11.7. The second-order valence-electron chi connectivity index (χ2n) is 4.60. The lowest BCUT2D eigenvalue weighted by Crippen LogP contribution is -2.31. The second kappa shape index (κ2) is 6.67. The monoisotopic (exact) mass is 282 g/mol. The Morgan fingerprint density at radius 1 is 1.14 bits per heavy atom. The number of halogens is 1. The molecule has 0 N–H and O–H groups in total. The molecule has 1 amide bonds. The maximum Gasteiger partial charge on any atom is 0.231 e. The summed E-state index contributed by atoms with van der Waals surface area (Å²) in [6.45, 7) is 2.39. The zero-order valence-electron chi connectivity index (χ0n) is 11.7. The number of hydrogen-bond acceptors (Lipinski definition) is 2. The molecule has 0 fully saturated rings. The predicted octanol–water partition coefficient (Wildman–Crippen LogP) is 3.29. The summed E-state index contributed by atoms with van der Waals surface area (Å²) in [5.74, 6) is -0.386. The first-order valence-electron chi connectivity index (χ1n) is 6.69. The molecule has 0 spiro atoms. The normalized spacial score (nSPS) is 9.95. The summed E-state index contributed by atoms with van der Waals surface area (Å²) < 4.78 is 12.9. The van der Waals surface area contributed by atoms with E-state index in [9.17, 15) is 9.18 Å². The van der Waals surface area contributed by atoms with E-state index in [1.54, 1.807) is 41.3 Å². The number of anilines is 1. The van der Waals surface area contributed by atoms with Gasteiger partial charge in [-0.15, -0.1) is 0 Å². The maximum atomic E-state index is 12.9. The zero-order chi connectivity index (χ0) is 15.2. The number of rotatable bonds is 4. The number of nitrogens with zero attached hydrogens (tertiary/aromatic N) is 2. The number of nitriles is 1. The summed E-state index contributed by atoms with van der Waals surface area (Å²) in [6.07, 6.45) is 0.247. The van der Waals surface area contributed by atoms with Crippen molar-refractivity contribution in [3.05, 3.63) is 65.5 Å². The van der Waals surface area contributed by atoms with E-state index >= 15 is 0 Å². The fraction of sp³-hybridized carbons (Fsp3) is 0.176. The van der Waals surface area contributed by atoms with Crippen molar-refractivity contribution in [1.82, 2.24) is 0 Å². The van der Waals surface area contributed by atoms with Crippen molar-refractivity contribution in [1.29, 1.82) is 5.26 Å². The van der Waals surface area contributed by atoms with E-state index in [1.165, 1.54) is 12.1 Å². The van der Waals surface area contributed by atoms with Gasteiger partial charge in [0, 0.05) is 12.2 Å². The second-order valence-corrected chi connectivity index (χ2v) is 4.60. The average molecular weight is 282 g/mol. The predicted molar refractivity (Wildman–Crippen MR) is 79.3 cm³/mol. The Bertz CT molecular complexity index is 657. The van der Waals surface area contributed by atoms with Gasteiger partial charge in [-0.2, -0.15) is 5.26 Å². The first-order valence-corrected chi connectivity index (χ1v) is 6.69. The van der Waals surface area contributed by atoms with E-state index in [1.807, 2.05) is 13.0 Å². The number of carbonyl (C=O) groups is 1. The average Bonchev–Trinajstić information content (AvgIpc) is 2.50. The van der Waals surface area contributed by atoms with Crippen molar-refractivity contribution in [2.45, 2.75) is 13.3 Å². The number of hydrogen-bond donors (Lipinski definition) is 0. The smallest absolute Gasteiger partial charge is 0.231 e. The van der Waals surface area contributed by atoms with Crippen LogP contribution in [-0.2, 0) is 11.2 Å². The molecule has 2 rings (SSSR count). The van der Waals surface area contributed by atoms with Crippen molar-refractivity contribution in [3.63, 3.8) is 0 Å². The van der Waals surface area contributed by atoms with Gasteiger partial charge in [0.15, 0.2) is 0 Å². The molecular formula is C17H15FN2O. The SMILES string of the molecule is CCN(C(=O)Cc1ccc(C#N)cc1)c1ccc(F)cc1. The number of amides is 1. The van der Waals surface area contributed by atoms with Gasteiger partial charge in [0.1, 0.15) is 5.82 Å². The third-order valence-electron chi connectivity index (χ3n) is 3.19. The molecule has 0 aliphatic rings. The van der Waals surface area contributed by atoms with Crippen LogP contribution in [0, 0.1) is 17.1 Å². The van der Waals surface area contributed by atoms with Crippen LogP contribution in [-0.4, -0.2) is 12.5 Å². The Kier molecular flexibility index (Phi) is 4.68. The summed E-state index contributed by atoms with van der Waals surface area (Å²) in [6, 6.07) is 14.8. The fourth-order valence-corrected chi connectivity index (χ4v) is 2.09. The van der Waals surface area contributed by atoms with Gasteiger partial charge in [0.2, 0.25) is 5.91 Å². The van der Waals surface area contributed by atoms with Crippen LogP contribution in [0.4, 0.5) is 10.1 Å². The highest BCUT2D eigenvalue weighted by atomic mass is 19.1. The Labute approximate surface area is 123 Å².